The molecule has 2 aliphatic heterocycles. The van der Waals surface area contributed by atoms with Crippen molar-refractivity contribution in [2.24, 2.45) is 5.92 Å². The second kappa shape index (κ2) is 7.96. The van der Waals surface area contributed by atoms with Crippen LogP contribution in [-0.2, 0) is 9.53 Å². The van der Waals surface area contributed by atoms with Crippen LogP contribution in [0, 0.1) is 5.92 Å². The number of ether oxygens (including phenoxy) is 1. The van der Waals surface area contributed by atoms with Crippen LogP contribution >= 0.6 is 0 Å². The van der Waals surface area contributed by atoms with Crippen LogP contribution < -0.4 is 10.6 Å². The standard InChI is InChI=1S/C15H29N3O2/c1-3-7-16-14-11-20-10-13(14)15(19)17-12-6-5-8-18(4-2)9-12/h12-14,16H,3-11H2,1-2H3,(H,17,19). The normalized spacial score (nSPS) is 31.4. The second-order valence-electron chi connectivity index (χ2n) is 5.95. The molecule has 5 heteroatoms. The van der Waals surface area contributed by atoms with E-state index in [1.165, 1.54) is 6.42 Å². The predicted molar refractivity (Wildman–Crippen MR) is 79.7 cm³/mol. The third-order valence-corrected chi connectivity index (χ3v) is 4.37. The van der Waals surface area contributed by atoms with E-state index in [9.17, 15) is 4.79 Å². The SMILES string of the molecule is CCCNC1COCC1C(=O)NC1CCCN(CC)C1. The Kier molecular flexibility index (Phi) is 6.26. The van der Waals surface area contributed by atoms with Crippen LogP contribution in [-0.4, -0.2) is 62.3 Å². The molecule has 5 nitrogen and oxygen atoms in total. The van der Waals surface area contributed by atoms with Gasteiger partial charge in [0.15, 0.2) is 0 Å². The molecule has 2 N–H and O–H groups in total. The zero-order chi connectivity index (χ0) is 14.4. The van der Waals surface area contributed by atoms with E-state index in [0.717, 1.165) is 39.0 Å². The molecule has 0 saturated carbocycles. The smallest absolute Gasteiger partial charge is 0.227 e. The van der Waals surface area contributed by atoms with Crippen molar-refractivity contribution in [3.8, 4) is 0 Å². The van der Waals surface area contributed by atoms with Crippen molar-refractivity contribution < 1.29 is 9.53 Å². The molecular formula is C15H29N3O2. The molecule has 3 unspecified atom stereocenters. The minimum Gasteiger partial charge on any atom is -0.379 e. The molecule has 0 aromatic rings. The fourth-order valence-electron chi connectivity index (χ4n) is 3.11. The lowest BCUT2D eigenvalue weighted by atomic mass is 10.00. The van der Waals surface area contributed by atoms with Gasteiger partial charge >= 0.3 is 0 Å². The highest BCUT2D eigenvalue weighted by Crippen LogP contribution is 2.16. The molecule has 2 heterocycles. The van der Waals surface area contributed by atoms with Gasteiger partial charge in [0, 0.05) is 18.6 Å². The van der Waals surface area contributed by atoms with Gasteiger partial charge in [-0.25, -0.2) is 0 Å². The lowest BCUT2D eigenvalue weighted by Gasteiger charge is -2.33. The first kappa shape index (κ1) is 15.7. The molecule has 2 rings (SSSR count). The van der Waals surface area contributed by atoms with Crippen LogP contribution in [0.25, 0.3) is 0 Å². The number of piperidine rings is 1. The summed E-state index contributed by atoms with van der Waals surface area (Å²) in [7, 11) is 0. The van der Waals surface area contributed by atoms with Crippen LogP contribution in [0.1, 0.15) is 33.1 Å². The Morgan fingerprint density at radius 3 is 2.95 bits per heavy atom. The Hall–Kier alpha value is -0.650. The van der Waals surface area contributed by atoms with Crippen molar-refractivity contribution in [1.29, 1.82) is 0 Å². The van der Waals surface area contributed by atoms with Gasteiger partial charge in [0.05, 0.1) is 19.1 Å². The second-order valence-corrected chi connectivity index (χ2v) is 5.95. The van der Waals surface area contributed by atoms with Crippen molar-refractivity contribution in [1.82, 2.24) is 15.5 Å². The zero-order valence-electron chi connectivity index (χ0n) is 12.9. The Morgan fingerprint density at radius 1 is 1.35 bits per heavy atom. The van der Waals surface area contributed by atoms with Gasteiger partial charge in [-0.1, -0.05) is 13.8 Å². The molecule has 2 fully saturated rings. The number of rotatable bonds is 6. The topological polar surface area (TPSA) is 53.6 Å². The van der Waals surface area contributed by atoms with Gasteiger partial charge in [-0.2, -0.15) is 0 Å². The number of hydrogen-bond acceptors (Lipinski definition) is 4. The van der Waals surface area contributed by atoms with E-state index in [2.05, 4.69) is 29.4 Å². The molecule has 0 bridgehead atoms. The minimum atomic E-state index is -0.0291. The largest absolute Gasteiger partial charge is 0.379 e. The molecule has 0 radical (unpaired) electrons. The van der Waals surface area contributed by atoms with Crippen molar-refractivity contribution in [3.05, 3.63) is 0 Å². The lowest BCUT2D eigenvalue weighted by Crippen LogP contribution is -2.52. The summed E-state index contributed by atoms with van der Waals surface area (Å²) in [4.78, 5) is 14.8. The van der Waals surface area contributed by atoms with Crippen LogP contribution in [0.4, 0.5) is 0 Å². The third kappa shape index (κ3) is 4.17. The van der Waals surface area contributed by atoms with Crippen molar-refractivity contribution in [2.45, 2.75) is 45.2 Å². The number of carbonyl (C=O) groups is 1. The van der Waals surface area contributed by atoms with E-state index in [0.29, 0.717) is 19.3 Å². The summed E-state index contributed by atoms with van der Waals surface area (Å²) in [6.07, 6.45) is 3.36. The van der Waals surface area contributed by atoms with Gasteiger partial charge < -0.3 is 20.3 Å². The summed E-state index contributed by atoms with van der Waals surface area (Å²) in [5.74, 6) is 0.137. The van der Waals surface area contributed by atoms with Crippen molar-refractivity contribution >= 4 is 5.91 Å². The first-order chi connectivity index (χ1) is 9.74. The Bertz CT molecular complexity index is 311. The van der Waals surface area contributed by atoms with Crippen LogP contribution in [0.5, 0.6) is 0 Å². The Balaban J connectivity index is 1.81. The van der Waals surface area contributed by atoms with Crippen LogP contribution in [0.3, 0.4) is 0 Å². The van der Waals surface area contributed by atoms with E-state index < -0.39 is 0 Å². The highest BCUT2D eigenvalue weighted by Gasteiger charge is 2.34. The first-order valence-corrected chi connectivity index (χ1v) is 8.08. The fraction of sp³-hybridized carbons (Fsp3) is 0.933. The molecular weight excluding hydrogens is 254 g/mol. The van der Waals surface area contributed by atoms with Gasteiger partial charge in [0.2, 0.25) is 5.91 Å². The predicted octanol–water partition coefficient (Wildman–Crippen LogP) is 0.602. The van der Waals surface area contributed by atoms with Gasteiger partial charge in [0.25, 0.3) is 0 Å². The van der Waals surface area contributed by atoms with Gasteiger partial charge in [-0.3, -0.25) is 4.79 Å². The quantitative estimate of drug-likeness (QED) is 0.749. The van der Waals surface area contributed by atoms with Gasteiger partial charge in [0.1, 0.15) is 0 Å². The number of likely N-dealkylation sites (N-methyl/N-ethyl adjacent to an activating group) is 1. The van der Waals surface area contributed by atoms with Crippen LogP contribution in [0.15, 0.2) is 0 Å². The van der Waals surface area contributed by atoms with Gasteiger partial charge in [-0.15, -0.1) is 0 Å². The average Bonchev–Trinajstić information content (AvgIpc) is 2.93. The monoisotopic (exact) mass is 283 g/mol. The van der Waals surface area contributed by atoms with E-state index in [4.69, 9.17) is 4.74 Å². The number of hydrogen-bond donors (Lipinski definition) is 2. The summed E-state index contributed by atoms with van der Waals surface area (Å²) < 4.78 is 5.49. The van der Waals surface area contributed by atoms with E-state index >= 15 is 0 Å². The van der Waals surface area contributed by atoms with Gasteiger partial charge in [-0.05, 0) is 38.9 Å². The maximum atomic E-state index is 12.4. The summed E-state index contributed by atoms with van der Waals surface area (Å²) >= 11 is 0. The number of nitrogens with zero attached hydrogens (tertiary/aromatic N) is 1. The highest BCUT2D eigenvalue weighted by molar-refractivity contribution is 5.80. The first-order valence-electron chi connectivity index (χ1n) is 8.08. The molecule has 0 aliphatic carbocycles. The summed E-state index contributed by atoms with van der Waals surface area (Å²) in [5.41, 5.74) is 0. The molecule has 0 spiro atoms. The third-order valence-electron chi connectivity index (χ3n) is 4.37. The average molecular weight is 283 g/mol. The lowest BCUT2D eigenvalue weighted by molar-refractivity contribution is -0.126. The maximum Gasteiger partial charge on any atom is 0.227 e. The van der Waals surface area contributed by atoms with E-state index in [1.807, 2.05) is 0 Å². The minimum absolute atomic E-state index is 0.0291. The highest BCUT2D eigenvalue weighted by atomic mass is 16.5. The number of nitrogens with one attached hydrogen (secondary N) is 2. The molecule has 20 heavy (non-hydrogen) atoms. The van der Waals surface area contributed by atoms with E-state index in [1.54, 1.807) is 0 Å². The maximum absolute atomic E-state index is 12.4. The number of amides is 1. The van der Waals surface area contributed by atoms with Crippen molar-refractivity contribution in [3.63, 3.8) is 0 Å². The molecule has 1 amide bonds. The number of carbonyl (C=O) groups excluding carboxylic acids is 1. The molecule has 2 aliphatic rings. The Morgan fingerprint density at radius 2 is 2.20 bits per heavy atom. The summed E-state index contributed by atoms with van der Waals surface area (Å²) in [5, 5.41) is 6.65. The van der Waals surface area contributed by atoms with Crippen LogP contribution in [0.2, 0.25) is 0 Å². The molecule has 2 saturated heterocycles. The molecule has 3 atom stereocenters. The molecule has 0 aromatic carbocycles. The summed E-state index contributed by atoms with van der Waals surface area (Å²) in [6.45, 7) is 9.70. The fourth-order valence-corrected chi connectivity index (χ4v) is 3.11. The molecule has 0 aromatic heterocycles. The Labute approximate surface area is 122 Å². The number of likely N-dealkylation sites (tertiary alicyclic amines) is 1. The zero-order valence-corrected chi connectivity index (χ0v) is 12.9. The van der Waals surface area contributed by atoms with E-state index in [-0.39, 0.29) is 17.9 Å². The van der Waals surface area contributed by atoms with Crippen molar-refractivity contribution in [2.75, 3.05) is 39.4 Å². The summed E-state index contributed by atoms with van der Waals surface area (Å²) in [6, 6.07) is 0.490. The molecule has 116 valence electrons.